The van der Waals surface area contributed by atoms with Gasteiger partial charge in [-0.15, -0.1) is 0 Å². The molecule has 7 heteroatoms. The first-order chi connectivity index (χ1) is 13.0. The molecule has 0 bridgehead atoms. The zero-order valence-electron chi connectivity index (χ0n) is 14.9. The number of nitrogens with one attached hydrogen (secondary N) is 1. The maximum atomic E-state index is 12.3. The number of aromatic nitrogens is 1. The number of methoxy groups -OCH3 is 1. The Labute approximate surface area is 162 Å². The third-order valence-corrected chi connectivity index (χ3v) is 4.07. The van der Waals surface area contributed by atoms with Crippen LogP contribution < -0.4 is 14.8 Å². The second-order valence-electron chi connectivity index (χ2n) is 5.90. The van der Waals surface area contributed by atoms with Gasteiger partial charge in [-0.2, -0.15) is 0 Å². The molecule has 0 aliphatic heterocycles. The minimum Gasteiger partial charge on any atom is -0.497 e. The summed E-state index contributed by atoms with van der Waals surface area (Å²) in [6, 6.07) is 15.9. The Morgan fingerprint density at radius 2 is 1.81 bits per heavy atom. The Bertz CT molecular complexity index is 891. The number of ether oxygens (including phenoxy) is 2. The van der Waals surface area contributed by atoms with Gasteiger partial charge in [-0.3, -0.25) is 4.79 Å². The van der Waals surface area contributed by atoms with Gasteiger partial charge in [0.05, 0.1) is 13.7 Å². The molecule has 140 valence electrons. The molecular formula is C20H19ClN2O4. The lowest BCUT2D eigenvalue weighted by Gasteiger charge is -2.15. The Balaban J connectivity index is 1.55. The van der Waals surface area contributed by atoms with Crippen LogP contribution in [0.4, 0.5) is 0 Å². The van der Waals surface area contributed by atoms with Gasteiger partial charge in [-0.25, -0.2) is 0 Å². The van der Waals surface area contributed by atoms with Crippen LogP contribution in [0.3, 0.4) is 0 Å². The van der Waals surface area contributed by atoms with E-state index in [0.29, 0.717) is 23.1 Å². The molecule has 0 saturated heterocycles. The first-order valence-corrected chi connectivity index (χ1v) is 8.74. The van der Waals surface area contributed by atoms with Gasteiger partial charge in [0.2, 0.25) is 0 Å². The van der Waals surface area contributed by atoms with Crippen molar-refractivity contribution in [2.75, 3.05) is 13.7 Å². The lowest BCUT2D eigenvalue weighted by molar-refractivity contribution is 0.0923. The van der Waals surface area contributed by atoms with Crippen LogP contribution >= 0.6 is 11.6 Å². The highest BCUT2D eigenvalue weighted by atomic mass is 35.5. The summed E-state index contributed by atoms with van der Waals surface area (Å²) in [7, 11) is 1.60. The molecule has 0 fully saturated rings. The Morgan fingerprint density at radius 1 is 1.15 bits per heavy atom. The number of hydrogen-bond donors (Lipinski definition) is 1. The van der Waals surface area contributed by atoms with E-state index in [2.05, 4.69) is 10.5 Å². The van der Waals surface area contributed by atoms with Crippen LogP contribution in [0.2, 0.25) is 5.02 Å². The highest BCUT2D eigenvalue weighted by Gasteiger charge is 2.15. The molecule has 27 heavy (non-hydrogen) atoms. The number of hydrogen-bond acceptors (Lipinski definition) is 5. The molecule has 3 aromatic rings. The summed E-state index contributed by atoms with van der Waals surface area (Å²) in [4.78, 5) is 12.3. The van der Waals surface area contributed by atoms with Crippen LogP contribution in [0.5, 0.6) is 11.5 Å². The quantitative estimate of drug-likeness (QED) is 0.658. The monoisotopic (exact) mass is 386 g/mol. The van der Waals surface area contributed by atoms with E-state index in [1.54, 1.807) is 37.4 Å². The highest BCUT2D eigenvalue weighted by Crippen LogP contribution is 2.23. The van der Waals surface area contributed by atoms with Gasteiger partial charge in [0, 0.05) is 16.7 Å². The third-order valence-electron chi connectivity index (χ3n) is 3.82. The van der Waals surface area contributed by atoms with Crippen molar-refractivity contribution in [3.8, 4) is 22.8 Å². The summed E-state index contributed by atoms with van der Waals surface area (Å²) in [5, 5.41) is 7.25. The number of nitrogens with zero attached hydrogens (tertiary/aromatic N) is 1. The fraction of sp³-hybridized carbons (Fsp3) is 0.200. The largest absolute Gasteiger partial charge is 0.497 e. The topological polar surface area (TPSA) is 73.6 Å². The van der Waals surface area contributed by atoms with E-state index < -0.39 is 0 Å². The predicted octanol–water partition coefficient (Wildman–Crippen LogP) is 4.20. The molecule has 1 amide bonds. The molecule has 0 spiro atoms. The molecule has 1 N–H and O–H groups in total. The van der Waals surface area contributed by atoms with Crippen molar-refractivity contribution >= 4 is 17.5 Å². The van der Waals surface area contributed by atoms with Gasteiger partial charge < -0.3 is 19.3 Å². The summed E-state index contributed by atoms with van der Waals surface area (Å²) < 4.78 is 16.1. The fourth-order valence-electron chi connectivity index (χ4n) is 2.39. The maximum absolute atomic E-state index is 12.3. The van der Waals surface area contributed by atoms with Crippen LogP contribution in [0.25, 0.3) is 11.3 Å². The lowest BCUT2D eigenvalue weighted by Crippen LogP contribution is -2.33. The van der Waals surface area contributed by atoms with Crippen molar-refractivity contribution in [2.45, 2.75) is 13.0 Å². The van der Waals surface area contributed by atoms with E-state index in [4.69, 9.17) is 25.6 Å². The van der Waals surface area contributed by atoms with E-state index in [-0.39, 0.29) is 17.7 Å². The molecule has 2 aromatic carbocycles. The molecule has 0 aliphatic rings. The molecule has 3 rings (SSSR count). The van der Waals surface area contributed by atoms with Crippen molar-refractivity contribution in [1.82, 2.24) is 10.5 Å². The normalized spacial score (nSPS) is 11.7. The average Bonchev–Trinajstić information content (AvgIpc) is 3.18. The minimum atomic E-state index is -0.329. The number of rotatable bonds is 7. The molecule has 1 heterocycles. The predicted molar refractivity (Wildman–Crippen MR) is 102 cm³/mol. The second kappa shape index (κ2) is 8.60. The standard InChI is InChI=1S/C20H19ClN2O4/c1-13(26-17-9-5-15(21)6-10-17)12-22-20(24)18-11-19(27-23-18)14-3-7-16(25-2)8-4-14/h3-11,13H,12H2,1-2H3,(H,22,24). The van der Waals surface area contributed by atoms with Gasteiger partial charge in [0.15, 0.2) is 11.5 Å². The molecular weight excluding hydrogens is 368 g/mol. The van der Waals surface area contributed by atoms with Crippen LogP contribution in [-0.2, 0) is 0 Å². The number of carbonyl (C=O) groups is 1. The van der Waals surface area contributed by atoms with Gasteiger partial charge in [-0.05, 0) is 55.5 Å². The van der Waals surface area contributed by atoms with Crippen LogP contribution in [-0.4, -0.2) is 30.8 Å². The molecule has 1 atom stereocenters. The molecule has 1 unspecified atom stereocenters. The van der Waals surface area contributed by atoms with Gasteiger partial charge in [0.1, 0.15) is 17.6 Å². The average molecular weight is 387 g/mol. The zero-order valence-corrected chi connectivity index (χ0v) is 15.7. The number of carbonyl (C=O) groups excluding carboxylic acids is 1. The van der Waals surface area contributed by atoms with Crippen molar-refractivity contribution in [1.29, 1.82) is 0 Å². The van der Waals surface area contributed by atoms with Gasteiger partial charge in [-0.1, -0.05) is 16.8 Å². The second-order valence-corrected chi connectivity index (χ2v) is 6.33. The maximum Gasteiger partial charge on any atom is 0.273 e. The molecule has 0 saturated carbocycles. The smallest absolute Gasteiger partial charge is 0.273 e. The Morgan fingerprint density at radius 3 is 2.48 bits per heavy atom. The summed E-state index contributed by atoms with van der Waals surface area (Å²) >= 11 is 5.85. The van der Waals surface area contributed by atoms with Crippen molar-refractivity contribution in [3.63, 3.8) is 0 Å². The SMILES string of the molecule is COc1ccc(-c2cc(C(=O)NCC(C)Oc3ccc(Cl)cc3)no2)cc1. The van der Waals surface area contributed by atoms with E-state index in [1.165, 1.54) is 0 Å². The number of halogens is 1. The fourth-order valence-corrected chi connectivity index (χ4v) is 2.51. The lowest BCUT2D eigenvalue weighted by atomic mass is 10.1. The minimum absolute atomic E-state index is 0.208. The van der Waals surface area contributed by atoms with Crippen molar-refractivity contribution in [2.24, 2.45) is 0 Å². The molecule has 0 radical (unpaired) electrons. The Kier molecular flexibility index (Phi) is 5.98. The van der Waals surface area contributed by atoms with E-state index >= 15 is 0 Å². The summed E-state index contributed by atoms with van der Waals surface area (Å²) in [5.74, 6) is 1.61. The van der Waals surface area contributed by atoms with Crippen molar-refractivity contribution in [3.05, 3.63) is 65.3 Å². The molecule has 0 aliphatic carbocycles. The highest BCUT2D eigenvalue weighted by molar-refractivity contribution is 6.30. The van der Waals surface area contributed by atoms with E-state index in [9.17, 15) is 4.79 Å². The first-order valence-electron chi connectivity index (χ1n) is 8.36. The molecule has 1 aromatic heterocycles. The summed E-state index contributed by atoms with van der Waals surface area (Å²) in [6.07, 6.45) is -0.219. The first kappa shape index (κ1) is 18.8. The van der Waals surface area contributed by atoms with Crippen LogP contribution in [0.1, 0.15) is 17.4 Å². The van der Waals surface area contributed by atoms with Gasteiger partial charge >= 0.3 is 0 Å². The summed E-state index contributed by atoms with van der Waals surface area (Å²) in [5.41, 5.74) is 1.02. The van der Waals surface area contributed by atoms with Crippen LogP contribution in [0, 0.1) is 0 Å². The van der Waals surface area contributed by atoms with Crippen molar-refractivity contribution < 1.29 is 18.8 Å². The number of amides is 1. The Hall–Kier alpha value is -2.99. The zero-order chi connectivity index (χ0) is 19.2. The number of benzene rings is 2. The third kappa shape index (κ3) is 5.01. The van der Waals surface area contributed by atoms with Crippen LogP contribution in [0.15, 0.2) is 59.1 Å². The molecule has 6 nitrogen and oxygen atoms in total. The van der Waals surface area contributed by atoms with Gasteiger partial charge in [0.25, 0.3) is 5.91 Å². The summed E-state index contributed by atoms with van der Waals surface area (Å²) in [6.45, 7) is 2.19. The van der Waals surface area contributed by atoms with E-state index in [1.807, 2.05) is 31.2 Å². The van der Waals surface area contributed by atoms with E-state index in [0.717, 1.165) is 11.3 Å².